The van der Waals surface area contributed by atoms with Crippen molar-refractivity contribution in [2.24, 2.45) is 5.92 Å². The Balaban J connectivity index is 1.30. The van der Waals surface area contributed by atoms with Gasteiger partial charge in [0.25, 0.3) is 5.91 Å². The van der Waals surface area contributed by atoms with Crippen LogP contribution < -0.4 is 4.74 Å². The molecule has 1 aromatic heterocycles. The van der Waals surface area contributed by atoms with Gasteiger partial charge in [0.2, 0.25) is 5.89 Å². The minimum atomic E-state index is 0.0398. The highest BCUT2D eigenvalue weighted by Gasteiger charge is 2.26. The van der Waals surface area contributed by atoms with Gasteiger partial charge in [0.05, 0.1) is 18.9 Å². The van der Waals surface area contributed by atoms with Crippen LogP contribution in [0, 0.1) is 5.92 Å². The van der Waals surface area contributed by atoms with E-state index >= 15 is 0 Å². The van der Waals surface area contributed by atoms with Crippen molar-refractivity contribution in [2.75, 3.05) is 20.2 Å². The van der Waals surface area contributed by atoms with Crippen molar-refractivity contribution in [3.8, 4) is 28.5 Å². The van der Waals surface area contributed by atoms with Crippen LogP contribution in [-0.2, 0) is 6.42 Å². The molecule has 5 heteroatoms. The number of ether oxygens (including phenoxy) is 1. The summed E-state index contributed by atoms with van der Waals surface area (Å²) in [5.74, 6) is 2.54. The molecule has 0 saturated carbocycles. The van der Waals surface area contributed by atoms with Crippen LogP contribution in [-0.4, -0.2) is 36.0 Å². The summed E-state index contributed by atoms with van der Waals surface area (Å²) in [5, 5.41) is 0. The van der Waals surface area contributed by atoms with Gasteiger partial charge in [-0.15, -0.1) is 0 Å². The van der Waals surface area contributed by atoms with E-state index in [1.165, 1.54) is 5.56 Å². The largest absolute Gasteiger partial charge is 0.497 e. The molecule has 0 radical (unpaired) electrons. The van der Waals surface area contributed by atoms with Crippen molar-refractivity contribution in [1.29, 1.82) is 0 Å². The van der Waals surface area contributed by atoms with Gasteiger partial charge in [0, 0.05) is 24.2 Å². The summed E-state index contributed by atoms with van der Waals surface area (Å²) in [4.78, 5) is 19.9. The highest BCUT2D eigenvalue weighted by Crippen LogP contribution is 2.31. The molecule has 4 aromatic rings. The van der Waals surface area contributed by atoms with E-state index in [2.05, 4.69) is 35.3 Å². The zero-order valence-corrected chi connectivity index (χ0v) is 19.3. The molecule has 0 N–H and O–H groups in total. The fraction of sp³-hybridized carbons (Fsp3) is 0.241. The minimum absolute atomic E-state index is 0.0398. The lowest BCUT2D eigenvalue weighted by Crippen LogP contribution is -2.39. The summed E-state index contributed by atoms with van der Waals surface area (Å²) in [6.45, 7) is 1.54. The topological polar surface area (TPSA) is 55.6 Å². The van der Waals surface area contributed by atoms with Crippen LogP contribution in [0.5, 0.6) is 5.75 Å². The Morgan fingerprint density at radius 3 is 2.41 bits per heavy atom. The Labute approximate surface area is 200 Å². The molecular formula is C29H28N2O3. The third kappa shape index (κ3) is 4.74. The number of amides is 1. The maximum Gasteiger partial charge on any atom is 0.254 e. The van der Waals surface area contributed by atoms with Crippen molar-refractivity contribution >= 4 is 5.91 Å². The second-order valence-corrected chi connectivity index (χ2v) is 8.73. The van der Waals surface area contributed by atoms with E-state index in [0.29, 0.717) is 23.1 Å². The number of piperidine rings is 1. The molecule has 0 aliphatic carbocycles. The number of carbonyl (C=O) groups is 1. The molecule has 2 heterocycles. The minimum Gasteiger partial charge on any atom is -0.497 e. The first kappa shape index (κ1) is 22.0. The van der Waals surface area contributed by atoms with E-state index in [1.807, 2.05) is 53.4 Å². The van der Waals surface area contributed by atoms with Gasteiger partial charge in [-0.2, -0.15) is 0 Å². The third-order valence-corrected chi connectivity index (χ3v) is 6.54. The predicted molar refractivity (Wildman–Crippen MR) is 133 cm³/mol. The number of oxazole rings is 1. The van der Waals surface area contributed by atoms with E-state index in [9.17, 15) is 4.79 Å². The second-order valence-electron chi connectivity index (χ2n) is 8.73. The first-order chi connectivity index (χ1) is 16.7. The summed E-state index contributed by atoms with van der Waals surface area (Å²) < 4.78 is 11.3. The van der Waals surface area contributed by atoms with Crippen molar-refractivity contribution in [3.63, 3.8) is 0 Å². The molecule has 0 atom stereocenters. The van der Waals surface area contributed by atoms with Crippen molar-refractivity contribution in [2.45, 2.75) is 19.3 Å². The number of rotatable bonds is 6. The Kier molecular flexibility index (Phi) is 6.43. The van der Waals surface area contributed by atoms with Gasteiger partial charge in [-0.05, 0) is 67.1 Å². The van der Waals surface area contributed by atoms with E-state index < -0.39 is 0 Å². The van der Waals surface area contributed by atoms with Crippen LogP contribution in [0.25, 0.3) is 22.8 Å². The Bertz CT molecular complexity index is 1240. The first-order valence-corrected chi connectivity index (χ1v) is 11.7. The van der Waals surface area contributed by atoms with Crippen LogP contribution in [0.3, 0.4) is 0 Å². The Morgan fingerprint density at radius 2 is 1.68 bits per heavy atom. The number of aromatic nitrogens is 1. The number of hydrogen-bond acceptors (Lipinski definition) is 4. The quantitative estimate of drug-likeness (QED) is 0.354. The molecule has 172 valence electrons. The van der Waals surface area contributed by atoms with Crippen molar-refractivity contribution in [3.05, 3.63) is 96.2 Å². The fourth-order valence-electron chi connectivity index (χ4n) is 4.60. The summed E-state index contributed by atoms with van der Waals surface area (Å²) in [5.41, 5.74) is 3.63. The van der Waals surface area contributed by atoms with Gasteiger partial charge < -0.3 is 14.1 Å². The van der Waals surface area contributed by atoms with Crippen LogP contribution >= 0.6 is 0 Å². The van der Waals surface area contributed by atoms with Crippen molar-refractivity contribution < 1.29 is 13.9 Å². The SMILES string of the molecule is COc1ccc(-c2cnc(-c3ccccc3C(=O)N3CCC(Cc4ccccc4)CC3)o2)cc1. The molecule has 0 unspecified atom stereocenters. The second kappa shape index (κ2) is 9.96. The number of benzene rings is 3. The summed E-state index contributed by atoms with van der Waals surface area (Å²) >= 11 is 0. The lowest BCUT2D eigenvalue weighted by Gasteiger charge is -2.32. The maximum absolute atomic E-state index is 13.4. The van der Waals surface area contributed by atoms with E-state index in [-0.39, 0.29) is 5.91 Å². The van der Waals surface area contributed by atoms with Gasteiger partial charge in [-0.3, -0.25) is 4.79 Å². The Morgan fingerprint density at radius 1 is 0.971 bits per heavy atom. The molecule has 5 nitrogen and oxygen atoms in total. The summed E-state index contributed by atoms with van der Waals surface area (Å²) in [7, 11) is 1.64. The molecule has 1 saturated heterocycles. The summed E-state index contributed by atoms with van der Waals surface area (Å²) in [6, 6.07) is 25.8. The summed E-state index contributed by atoms with van der Waals surface area (Å²) in [6.07, 6.45) is 4.81. The predicted octanol–water partition coefficient (Wildman–Crippen LogP) is 6.11. The molecule has 5 rings (SSSR count). The third-order valence-electron chi connectivity index (χ3n) is 6.54. The maximum atomic E-state index is 13.4. The average molecular weight is 453 g/mol. The molecule has 34 heavy (non-hydrogen) atoms. The molecule has 3 aromatic carbocycles. The van der Waals surface area contributed by atoms with Gasteiger partial charge in [0.1, 0.15) is 5.75 Å². The Hall–Kier alpha value is -3.86. The van der Waals surface area contributed by atoms with Gasteiger partial charge in [-0.1, -0.05) is 42.5 Å². The molecule has 0 bridgehead atoms. The lowest BCUT2D eigenvalue weighted by molar-refractivity contribution is 0.0691. The standard InChI is InChI=1S/C29H28N2O3/c1-33-24-13-11-23(12-14-24)27-20-30-28(34-27)25-9-5-6-10-26(25)29(32)31-17-15-22(16-18-31)19-21-7-3-2-4-8-21/h2-14,20,22H,15-19H2,1H3. The molecule has 0 spiro atoms. The van der Waals surface area contributed by atoms with E-state index in [0.717, 1.165) is 49.2 Å². The number of nitrogens with zero attached hydrogens (tertiary/aromatic N) is 2. The highest BCUT2D eigenvalue weighted by molar-refractivity contribution is 6.00. The first-order valence-electron chi connectivity index (χ1n) is 11.7. The number of methoxy groups -OCH3 is 1. The average Bonchev–Trinajstić information content (AvgIpc) is 3.40. The zero-order valence-electron chi connectivity index (χ0n) is 19.3. The van der Waals surface area contributed by atoms with Crippen LogP contribution in [0.4, 0.5) is 0 Å². The lowest BCUT2D eigenvalue weighted by atomic mass is 9.90. The zero-order chi connectivity index (χ0) is 23.3. The molecular weight excluding hydrogens is 424 g/mol. The normalized spacial score (nSPS) is 14.2. The van der Waals surface area contributed by atoms with Crippen LogP contribution in [0.1, 0.15) is 28.8 Å². The number of hydrogen-bond donors (Lipinski definition) is 0. The smallest absolute Gasteiger partial charge is 0.254 e. The number of likely N-dealkylation sites (tertiary alicyclic amines) is 1. The molecule has 1 fully saturated rings. The fourth-order valence-corrected chi connectivity index (χ4v) is 4.60. The van der Waals surface area contributed by atoms with Crippen LogP contribution in [0.15, 0.2) is 89.5 Å². The number of carbonyl (C=O) groups excluding carboxylic acids is 1. The van der Waals surface area contributed by atoms with Gasteiger partial charge in [0.15, 0.2) is 5.76 Å². The monoisotopic (exact) mass is 452 g/mol. The van der Waals surface area contributed by atoms with E-state index in [4.69, 9.17) is 9.15 Å². The van der Waals surface area contributed by atoms with Crippen LogP contribution in [0.2, 0.25) is 0 Å². The molecule has 1 aliphatic heterocycles. The van der Waals surface area contributed by atoms with Gasteiger partial charge in [-0.25, -0.2) is 4.98 Å². The molecule has 1 amide bonds. The van der Waals surface area contributed by atoms with Gasteiger partial charge >= 0.3 is 0 Å². The van der Waals surface area contributed by atoms with E-state index in [1.54, 1.807) is 13.3 Å². The van der Waals surface area contributed by atoms with Crippen molar-refractivity contribution in [1.82, 2.24) is 9.88 Å². The highest BCUT2D eigenvalue weighted by atomic mass is 16.5. The molecule has 1 aliphatic rings.